The molecule has 0 saturated heterocycles. The van der Waals surface area contributed by atoms with E-state index in [1.807, 2.05) is 65.7 Å². The van der Waals surface area contributed by atoms with Gasteiger partial charge in [0.2, 0.25) is 5.84 Å². The molecule has 0 aromatic heterocycles. The van der Waals surface area contributed by atoms with E-state index >= 15 is 0 Å². The highest BCUT2D eigenvalue weighted by Gasteiger charge is 2.31. The molecule has 0 atom stereocenters. The summed E-state index contributed by atoms with van der Waals surface area (Å²) < 4.78 is 11.0. The van der Waals surface area contributed by atoms with Crippen molar-refractivity contribution >= 4 is 17.1 Å². The molecule has 0 saturated carbocycles. The summed E-state index contributed by atoms with van der Waals surface area (Å²) in [6.07, 6.45) is 3.94. The van der Waals surface area contributed by atoms with E-state index in [9.17, 15) is 0 Å². The smallest absolute Gasteiger partial charge is 0.207 e. The van der Waals surface area contributed by atoms with Gasteiger partial charge in [-0.2, -0.15) is 5.48 Å². The molecule has 6 heteroatoms. The molecule has 2 aliphatic heterocycles. The number of allylic oxidation sites excluding steroid dienone is 2. The number of amidine groups is 1. The minimum atomic E-state index is 0.660. The molecule has 2 aliphatic rings. The topological polar surface area (TPSA) is 55.3 Å². The molecule has 4 rings (SSSR count). The minimum Gasteiger partial charge on any atom is -0.496 e. The van der Waals surface area contributed by atoms with Gasteiger partial charge in [-0.05, 0) is 29.4 Å². The van der Waals surface area contributed by atoms with Crippen molar-refractivity contribution in [1.82, 2.24) is 5.48 Å². The van der Waals surface area contributed by atoms with Crippen LogP contribution in [0.2, 0.25) is 0 Å². The van der Waals surface area contributed by atoms with Gasteiger partial charge in [0.1, 0.15) is 17.2 Å². The van der Waals surface area contributed by atoms with Crippen molar-refractivity contribution in [2.45, 2.75) is 0 Å². The van der Waals surface area contributed by atoms with Gasteiger partial charge in [-0.15, -0.1) is 0 Å². The molecule has 0 spiro atoms. The molecular formula is C19H17N3O3. The van der Waals surface area contributed by atoms with Crippen LogP contribution in [0, 0.1) is 0 Å². The van der Waals surface area contributed by atoms with Gasteiger partial charge in [-0.1, -0.05) is 30.3 Å². The van der Waals surface area contributed by atoms with Gasteiger partial charge in [0, 0.05) is 17.3 Å². The number of hydrogen-bond donors (Lipinski definition) is 1. The first-order valence-electron chi connectivity index (χ1n) is 7.82. The molecule has 2 heterocycles. The maximum absolute atomic E-state index is 5.48. The van der Waals surface area contributed by atoms with Gasteiger partial charge in [0.05, 0.1) is 19.9 Å². The number of hydrogen-bond acceptors (Lipinski definition) is 6. The lowest BCUT2D eigenvalue weighted by Crippen LogP contribution is -2.31. The normalized spacial score (nSPS) is 15.3. The molecule has 1 N–H and O–H groups in total. The third-order valence-corrected chi connectivity index (χ3v) is 4.13. The standard InChI is InChI=1S/C19H17N3O3/c1-23-16-9-5-3-7-13(16)14-11-12-22(19-18(14)20-25-21-19)15-8-4-6-10-17(15)24-2/h3-12,20H,1-2H3. The van der Waals surface area contributed by atoms with Crippen molar-refractivity contribution in [2.24, 2.45) is 5.16 Å². The molecule has 0 fully saturated rings. The van der Waals surface area contributed by atoms with E-state index < -0.39 is 0 Å². The van der Waals surface area contributed by atoms with Gasteiger partial charge < -0.3 is 9.47 Å². The zero-order valence-corrected chi connectivity index (χ0v) is 13.9. The lowest BCUT2D eigenvalue weighted by atomic mass is 9.99. The molecule has 6 nitrogen and oxygen atoms in total. The van der Waals surface area contributed by atoms with Crippen molar-refractivity contribution in [3.63, 3.8) is 0 Å². The lowest BCUT2D eigenvalue weighted by molar-refractivity contribution is 0.0908. The highest BCUT2D eigenvalue weighted by atomic mass is 16.8. The van der Waals surface area contributed by atoms with Crippen LogP contribution in [0.4, 0.5) is 5.69 Å². The van der Waals surface area contributed by atoms with Crippen molar-refractivity contribution < 1.29 is 14.4 Å². The molecule has 0 aliphatic carbocycles. The molecule has 0 amide bonds. The van der Waals surface area contributed by atoms with Gasteiger partial charge >= 0.3 is 0 Å². The number of anilines is 1. The van der Waals surface area contributed by atoms with Crippen molar-refractivity contribution in [3.05, 3.63) is 72.1 Å². The molecule has 126 valence electrons. The number of hydroxylamine groups is 1. The second-order valence-corrected chi connectivity index (χ2v) is 5.45. The van der Waals surface area contributed by atoms with Crippen LogP contribution in [-0.2, 0) is 4.94 Å². The van der Waals surface area contributed by atoms with E-state index in [1.165, 1.54) is 0 Å². The molecule has 2 aromatic rings. The highest BCUT2D eigenvalue weighted by Crippen LogP contribution is 2.37. The second-order valence-electron chi connectivity index (χ2n) is 5.45. The fourth-order valence-electron chi connectivity index (χ4n) is 2.96. The summed E-state index contributed by atoms with van der Waals surface area (Å²) in [6, 6.07) is 15.6. The quantitative estimate of drug-likeness (QED) is 0.929. The summed E-state index contributed by atoms with van der Waals surface area (Å²) in [7, 11) is 3.31. The molecule has 0 radical (unpaired) electrons. The Balaban J connectivity index is 1.80. The van der Waals surface area contributed by atoms with Crippen LogP contribution in [0.5, 0.6) is 11.5 Å². The lowest BCUT2D eigenvalue weighted by Gasteiger charge is -2.26. The summed E-state index contributed by atoms with van der Waals surface area (Å²) in [6.45, 7) is 0. The average molecular weight is 335 g/mol. The van der Waals surface area contributed by atoms with Crippen molar-refractivity contribution in [2.75, 3.05) is 19.1 Å². The number of benzene rings is 2. The molecule has 2 aromatic carbocycles. The van der Waals surface area contributed by atoms with Crippen molar-refractivity contribution in [1.29, 1.82) is 0 Å². The minimum absolute atomic E-state index is 0.660. The first kappa shape index (κ1) is 15.1. The van der Waals surface area contributed by atoms with Crippen LogP contribution in [0.25, 0.3) is 5.57 Å². The van der Waals surface area contributed by atoms with Crippen LogP contribution < -0.4 is 19.9 Å². The maximum Gasteiger partial charge on any atom is 0.207 e. The fraction of sp³-hybridized carbons (Fsp3) is 0.105. The van der Waals surface area contributed by atoms with Gasteiger partial charge in [0.15, 0.2) is 0 Å². The Kier molecular flexibility index (Phi) is 3.78. The number of nitrogens with one attached hydrogen (secondary N) is 1. The second kappa shape index (κ2) is 6.24. The first-order chi connectivity index (χ1) is 12.3. The monoisotopic (exact) mass is 335 g/mol. The van der Waals surface area contributed by atoms with E-state index in [1.54, 1.807) is 14.2 Å². The van der Waals surface area contributed by atoms with E-state index in [4.69, 9.17) is 14.4 Å². The third-order valence-electron chi connectivity index (χ3n) is 4.13. The van der Waals surface area contributed by atoms with Gasteiger partial charge in [-0.3, -0.25) is 9.84 Å². The summed E-state index contributed by atoms with van der Waals surface area (Å²) in [4.78, 5) is 7.08. The number of nitrogens with zero attached hydrogens (tertiary/aromatic N) is 2. The summed E-state index contributed by atoms with van der Waals surface area (Å²) in [5, 5.41) is 4.15. The molecule has 25 heavy (non-hydrogen) atoms. The highest BCUT2D eigenvalue weighted by molar-refractivity contribution is 6.18. The van der Waals surface area contributed by atoms with E-state index in [0.717, 1.165) is 34.0 Å². The molecule has 0 bridgehead atoms. The van der Waals surface area contributed by atoms with Crippen LogP contribution in [0.1, 0.15) is 5.56 Å². The summed E-state index contributed by atoms with van der Waals surface area (Å²) in [5.74, 6) is 2.20. The van der Waals surface area contributed by atoms with Gasteiger partial charge in [-0.25, -0.2) is 0 Å². The zero-order valence-electron chi connectivity index (χ0n) is 13.9. The Morgan fingerprint density at radius 3 is 2.48 bits per heavy atom. The van der Waals surface area contributed by atoms with Crippen LogP contribution in [0.3, 0.4) is 0 Å². The van der Waals surface area contributed by atoms with E-state index in [0.29, 0.717) is 5.84 Å². The number of ether oxygens (including phenoxy) is 2. The average Bonchev–Trinajstić information content (AvgIpc) is 3.17. The number of oxime groups is 1. The SMILES string of the molecule is COc1ccccc1C1=C2NON=C2N(c2ccccc2OC)C=C1. The fourth-order valence-corrected chi connectivity index (χ4v) is 2.96. The Hall–Kier alpha value is -3.41. The summed E-state index contributed by atoms with van der Waals surface area (Å²) >= 11 is 0. The van der Waals surface area contributed by atoms with Crippen LogP contribution >= 0.6 is 0 Å². The Morgan fingerprint density at radius 1 is 0.960 bits per heavy atom. The van der Waals surface area contributed by atoms with Crippen molar-refractivity contribution in [3.8, 4) is 11.5 Å². The molecule has 0 unspecified atom stereocenters. The number of rotatable bonds is 4. The number of methoxy groups -OCH3 is 2. The summed E-state index contributed by atoms with van der Waals surface area (Å²) in [5.41, 5.74) is 6.44. The van der Waals surface area contributed by atoms with E-state index in [-0.39, 0.29) is 0 Å². The molecular weight excluding hydrogens is 318 g/mol. The van der Waals surface area contributed by atoms with Crippen LogP contribution in [0.15, 0.2) is 71.7 Å². The predicted molar refractivity (Wildman–Crippen MR) is 96.2 cm³/mol. The van der Waals surface area contributed by atoms with Crippen LogP contribution in [-0.4, -0.2) is 20.1 Å². The largest absolute Gasteiger partial charge is 0.496 e. The predicted octanol–water partition coefficient (Wildman–Crippen LogP) is 3.30. The Bertz CT molecular complexity index is 902. The Labute approximate surface area is 145 Å². The number of fused-ring (bicyclic) bond motifs is 1. The number of para-hydroxylation sites is 3. The zero-order chi connectivity index (χ0) is 17.2. The third kappa shape index (κ3) is 2.48. The maximum atomic E-state index is 5.48. The first-order valence-corrected chi connectivity index (χ1v) is 7.82. The van der Waals surface area contributed by atoms with Gasteiger partial charge in [0.25, 0.3) is 0 Å². The Morgan fingerprint density at radius 2 is 1.68 bits per heavy atom. The van der Waals surface area contributed by atoms with E-state index in [2.05, 4.69) is 10.6 Å².